The Morgan fingerprint density at radius 2 is 1.74 bits per heavy atom. The maximum Gasteiger partial charge on any atom is 0.298 e. The number of rotatable bonds is 8. The highest BCUT2D eigenvalue weighted by atomic mass is 35.5. The molecular formula is C27H24ClN3O6S. The largest absolute Gasteiger partial charge is 0.505 e. The zero-order valence-electron chi connectivity index (χ0n) is 20.5. The van der Waals surface area contributed by atoms with Gasteiger partial charge in [-0.05, 0) is 60.7 Å². The Hall–Kier alpha value is -3.99. The van der Waals surface area contributed by atoms with E-state index in [0.717, 1.165) is 0 Å². The molecule has 9 nitrogen and oxygen atoms in total. The van der Waals surface area contributed by atoms with Crippen LogP contribution < -0.4 is 10.1 Å². The number of benzene rings is 4. The van der Waals surface area contributed by atoms with E-state index in [-0.39, 0.29) is 22.0 Å². The molecule has 4 rings (SSSR count). The van der Waals surface area contributed by atoms with Crippen LogP contribution in [0.5, 0.6) is 11.5 Å². The fraction of sp³-hybridized carbons (Fsp3) is 0.148. The van der Waals surface area contributed by atoms with Crippen molar-refractivity contribution in [2.45, 2.75) is 25.2 Å². The number of halogens is 1. The smallest absolute Gasteiger partial charge is 0.298 e. The van der Waals surface area contributed by atoms with Crippen molar-refractivity contribution >= 4 is 55.5 Å². The number of nitrogens with zero attached hydrogens (tertiary/aromatic N) is 2. The first-order valence-electron chi connectivity index (χ1n) is 11.6. The van der Waals surface area contributed by atoms with Gasteiger partial charge in [0.05, 0.1) is 17.2 Å². The summed E-state index contributed by atoms with van der Waals surface area (Å²) in [6.07, 6.45) is 0.426. The second kappa shape index (κ2) is 11.2. The molecule has 38 heavy (non-hydrogen) atoms. The first-order valence-corrected chi connectivity index (χ1v) is 13.4. The van der Waals surface area contributed by atoms with Crippen LogP contribution in [-0.2, 0) is 16.5 Å². The highest BCUT2D eigenvalue weighted by Crippen LogP contribution is 2.41. The molecule has 0 aliphatic rings. The van der Waals surface area contributed by atoms with Gasteiger partial charge >= 0.3 is 0 Å². The maximum absolute atomic E-state index is 13.1. The van der Waals surface area contributed by atoms with Gasteiger partial charge in [-0.3, -0.25) is 9.35 Å². The molecule has 196 valence electrons. The highest BCUT2D eigenvalue weighted by molar-refractivity contribution is 7.86. The monoisotopic (exact) mass is 553 g/mol. The minimum atomic E-state index is -4.74. The second-order valence-electron chi connectivity index (χ2n) is 8.17. The number of carbonyl (C=O) groups is 1. The summed E-state index contributed by atoms with van der Waals surface area (Å²) in [5, 5.41) is 22.8. The van der Waals surface area contributed by atoms with Gasteiger partial charge in [0, 0.05) is 11.1 Å². The summed E-state index contributed by atoms with van der Waals surface area (Å²) in [5.74, 6) is -0.401. The minimum Gasteiger partial charge on any atom is -0.505 e. The summed E-state index contributed by atoms with van der Waals surface area (Å²) in [5.41, 5.74) is 0.636. The number of carbonyl (C=O) groups excluding carboxylic acids is 1. The number of anilines is 1. The SMILES string of the molecule is CCOc1ccc(NC(=O)c2cc3ccccc3c(N=Nc3ccc(CC)c(Cl)c3S(=O)(=O)O)c2O)cc1. The lowest BCUT2D eigenvalue weighted by molar-refractivity contribution is 0.102. The summed E-state index contributed by atoms with van der Waals surface area (Å²) in [6, 6.07) is 18.1. The normalized spacial score (nSPS) is 11.7. The molecule has 0 radical (unpaired) electrons. The van der Waals surface area contributed by atoms with Crippen molar-refractivity contribution in [1.29, 1.82) is 0 Å². The Morgan fingerprint density at radius 3 is 2.39 bits per heavy atom. The Labute approximate surface area is 224 Å². The number of phenolic OH excluding ortho intramolecular Hbond substituents is 1. The lowest BCUT2D eigenvalue weighted by atomic mass is 10.0. The number of hydrogen-bond donors (Lipinski definition) is 3. The molecule has 0 fully saturated rings. The molecule has 0 aromatic heterocycles. The third-order valence-electron chi connectivity index (χ3n) is 5.72. The topological polar surface area (TPSA) is 138 Å². The fourth-order valence-corrected chi connectivity index (χ4v) is 5.20. The Balaban J connectivity index is 1.78. The van der Waals surface area contributed by atoms with Crippen LogP contribution in [0, 0.1) is 0 Å². The average molecular weight is 554 g/mol. The van der Waals surface area contributed by atoms with Gasteiger partial charge in [-0.15, -0.1) is 10.2 Å². The van der Waals surface area contributed by atoms with Gasteiger partial charge in [0.1, 0.15) is 22.0 Å². The van der Waals surface area contributed by atoms with Gasteiger partial charge in [0.25, 0.3) is 16.0 Å². The number of aromatic hydroxyl groups is 1. The molecule has 0 atom stereocenters. The van der Waals surface area contributed by atoms with E-state index >= 15 is 0 Å². The molecule has 0 aliphatic carbocycles. The number of hydrogen-bond acceptors (Lipinski definition) is 7. The van der Waals surface area contributed by atoms with Gasteiger partial charge in [-0.1, -0.05) is 48.9 Å². The molecule has 0 saturated carbocycles. The Morgan fingerprint density at radius 1 is 1.03 bits per heavy atom. The molecule has 0 heterocycles. The molecule has 3 N–H and O–H groups in total. The van der Waals surface area contributed by atoms with Crippen LogP contribution in [0.3, 0.4) is 0 Å². The predicted octanol–water partition coefficient (Wildman–Crippen LogP) is 7.07. The highest BCUT2D eigenvalue weighted by Gasteiger charge is 2.23. The number of fused-ring (bicyclic) bond motifs is 1. The quantitative estimate of drug-likeness (QED) is 0.157. The molecule has 0 unspecified atom stereocenters. The number of aryl methyl sites for hydroxylation is 1. The summed E-state index contributed by atoms with van der Waals surface area (Å²) in [6.45, 7) is 4.16. The Kier molecular flexibility index (Phi) is 7.96. The van der Waals surface area contributed by atoms with Crippen LogP contribution in [0.25, 0.3) is 10.8 Å². The van der Waals surface area contributed by atoms with Crippen molar-refractivity contribution < 1.29 is 27.6 Å². The van der Waals surface area contributed by atoms with E-state index in [4.69, 9.17) is 16.3 Å². The first-order chi connectivity index (χ1) is 18.1. The van der Waals surface area contributed by atoms with Crippen molar-refractivity contribution in [3.8, 4) is 11.5 Å². The predicted molar refractivity (Wildman–Crippen MR) is 146 cm³/mol. The van der Waals surface area contributed by atoms with Crippen LogP contribution in [0.4, 0.5) is 17.1 Å². The number of azo groups is 1. The van der Waals surface area contributed by atoms with E-state index < -0.39 is 26.7 Å². The van der Waals surface area contributed by atoms with E-state index in [0.29, 0.717) is 40.8 Å². The van der Waals surface area contributed by atoms with Gasteiger partial charge < -0.3 is 15.2 Å². The molecule has 11 heteroatoms. The van der Waals surface area contributed by atoms with Crippen LogP contribution in [-0.4, -0.2) is 30.6 Å². The first kappa shape index (κ1) is 27.1. The van der Waals surface area contributed by atoms with E-state index in [1.807, 2.05) is 6.92 Å². The molecule has 4 aromatic carbocycles. The molecule has 4 aromatic rings. The van der Waals surface area contributed by atoms with Crippen molar-refractivity contribution in [3.63, 3.8) is 0 Å². The third kappa shape index (κ3) is 5.62. The van der Waals surface area contributed by atoms with E-state index in [1.165, 1.54) is 12.1 Å². The fourth-order valence-electron chi connectivity index (χ4n) is 3.88. The molecule has 1 amide bonds. The van der Waals surface area contributed by atoms with E-state index in [2.05, 4.69) is 15.5 Å². The average Bonchev–Trinajstić information content (AvgIpc) is 2.88. The zero-order chi connectivity index (χ0) is 27.4. The molecule has 0 bridgehead atoms. The summed E-state index contributed by atoms with van der Waals surface area (Å²) >= 11 is 6.23. The van der Waals surface area contributed by atoms with Gasteiger partial charge in [-0.2, -0.15) is 8.42 Å². The van der Waals surface area contributed by atoms with Crippen molar-refractivity contribution in [2.75, 3.05) is 11.9 Å². The van der Waals surface area contributed by atoms with Crippen molar-refractivity contribution in [1.82, 2.24) is 0 Å². The van der Waals surface area contributed by atoms with Crippen molar-refractivity contribution in [2.24, 2.45) is 10.2 Å². The third-order valence-corrected chi connectivity index (χ3v) is 7.19. The summed E-state index contributed by atoms with van der Waals surface area (Å²) < 4.78 is 39.3. The minimum absolute atomic E-state index is 0.0584. The standard InChI is InChI=1S/C27H24ClN3O6S/c1-3-16-9-14-22(26(23(16)28)38(34,35)36)30-31-24-20-8-6-5-7-17(20)15-21(25(24)32)27(33)29-18-10-12-19(13-11-18)37-4-2/h5-15,32H,3-4H2,1-2H3,(H,29,33)(H,34,35,36). The van der Waals surface area contributed by atoms with Gasteiger partial charge in [-0.25, -0.2) is 0 Å². The van der Waals surface area contributed by atoms with E-state index in [9.17, 15) is 22.9 Å². The lowest BCUT2D eigenvalue weighted by Gasteiger charge is -2.12. The van der Waals surface area contributed by atoms with Gasteiger partial charge in [0.2, 0.25) is 0 Å². The molecule has 0 saturated heterocycles. The van der Waals surface area contributed by atoms with E-state index in [1.54, 1.807) is 61.5 Å². The lowest BCUT2D eigenvalue weighted by Crippen LogP contribution is -2.12. The molecule has 0 aliphatic heterocycles. The van der Waals surface area contributed by atoms with Crippen LogP contribution in [0.1, 0.15) is 29.8 Å². The number of amides is 1. The summed E-state index contributed by atoms with van der Waals surface area (Å²) in [4.78, 5) is 12.5. The summed E-state index contributed by atoms with van der Waals surface area (Å²) in [7, 11) is -4.74. The maximum atomic E-state index is 13.1. The number of ether oxygens (including phenoxy) is 1. The molecule has 0 spiro atoms. The second-order valence-corrected chi connectivity index (χ2v) is 9.91. The zero-order valence-corrected chi connectivity index (χ0v) is 22.0. The number of phenols is 1. The van der Waals surface area contributed by atoms with Crippen LogP contribution in [0.2, 0.25) is 5.02 Å². The number of nitrogens with one attached hydrogen (secondary N) is 1. The van der Waals surface area contributed by atoms with Gasteiger partial charge in [0.15, 0.2) is 5.75 Å². The Bertz CT molecular complexity index is 1650. The van der Waals surface area contributed by atoms with Crippen LogP contribution >= 0.6 is 11.6 Å². The molecular weight excluding hydrogens is 530 g/mol. The van der Waals surface area contributed by atoms with Crippen LogP contribution in [0.15, 0.2) is 81.9 Å². The van der Waals surface area contributed by atoms with Crippen molar-refractivity contribution in [3.05, 3.63) is 82.9 Å².